The second kappa shape index (κ2) is 9.23. The van der Waals surface area contributed by atoms with Crippen LogP contribution in [0.1, 0.15) is 30.5 Å². The number of carbonyl (C=O) groups excluding carboxylic acids is 1. The van der Waals surface area contributed by atoms with E-state index in [-0.39, 0.29) is 17.9 Å². The van der Waals surface area contributed by atoms with Gasteiger partial charge in [0.05, 0.1) is 13.0 Å². The number of nitrogens with zero attached hydrogens (tertiary/aromatic N) is 1. The molecule has 0 radical (unpaired) electrons. The Kier molecular flexibility index (Phi) is 7.02. The first-order chi connectivity index (χ1) is 12.0. The van der Waals surface area contributed by atoms with Crippen LogP contribution in [-0.4, -0.2) is 31.5 Å². The fourth-order valence-electron chi connectivity index (χ4n) is 2.89. The summed E-state index contributed by atoms with van der Waals surface area (Å²) in [6.07, 6.45) is 1.85. The van der Waals surface area contributed by atoms with Gasteiger partial charge in [0, 0.05) is 19.6 Å². The van der Waals surface area contributed by atoms with Crippen LogP contribution in [-0.2, 0) is 11.2 Å². The summed E-state index contributed by atoms with van der Waals surface area (Å²) in [4.78, 5) is 14.4. The maximum Gasteiger partial charge on any atom is 0.227 e. The summed E-state index contributed by atoms with van der Waals surface area (Å²) in [6, 6.07) is 17.6. The van der Waals surface area contributed by atoms with E-state index >= 15 is 0 Å². The largest absolute Gasteiger partial charge is 0.497 e. The van der Waals surface area contributed by atoms with Gasteiger partial charge in [0.15, 0.2) is 0 Å². The van der Waals surface area contributed by atoms with Crippen LogP contribution in [0.25, 0.3) is 0 Å². The predicted molar refractivity (Wildman–Crippen MR) is 101 cm³/mol. The predicted octanol–water partition coefficient (Wildman–Crippen LogP) is 3.42. The minimum atomic E-state index is -0.280. The highest BCUT2D eigenvalue weighted by Gasteiger charge is 2.24. The number of amides is 1. The number of hydrogen-bond acceptors (Lipinski definition) is 3. The van der Waals surface area contributed by atoms with E-state index in [1.54, 1.807) is 12.0 Å². The van der Waals surface area contributed by atoms with E-state index in [4.69, 9.17) is 10.5 Å². The summed E-state index contributed by atoms with van der Waals surface area (Å²) < 4.78 is 5.16. The number of rotatable bonds is 8. The summed E-state index contributed by atoms with van der Waals surface area (Å²) in [5, 5.41) is 0. The first kappa shape index (κ1) is 19.0. The van der Waals surface area contributed by atoms with E-state index in [2.05, 4.69) is 12.1 Å². The highest BCUT2D eigenvalue weighted by Crippen LogP contribution is 2.21. The Bertz CT molecular complexity index is 655. The maximum atomic E-state index is 12.6. The van der Waals surface area contributed by atoms with Crippen LogP contribution in [0.4, 0.5) is 0 Å². The summed E-state index contributed by atoms with van der Waals surface area (Å²) in [6.45, 7) is 2.62. The van der Waals surface area contributed by atoms with Crippen LogP contribution < -0.4 is 10.5 Å². The van der Waals surface area contributed by atoms with E-state index in [9.17, 15) is 4.79 Å². The Morgan fingerprint density at radius 1 is 1.12 bits per heavy atom. The van der Waals surface area contributed by atoms with E-state index in [0.717, 1.165) is 30.7 Å². The molecule has 2 atom stereocenters. The zero-order valence-electron chi connectivity index (χ0n) is 15.3. The molecule has 0 aliphatic carbocycles. The molecule has 2 aromatic rings. The fraction of sp³-hybridized carbons (Fsp3) is 0.381. The first-order valence-corrected chi connectivity index (χ1v) is 8.71. The van der Waals surface area contributed by atoms with Gasteiger partial charge in [-0.3, -0.25) is 4.79 Å². The van der Waals surface area contributed by atoms with Gasteiger partial charge in [-0.1, -0.05) is 49.4 Å². The van der Waals surface area contributed by atoms with E-state index in [1.165, 1.54) is 5.56 Å². The van der Waals surface area contributed by atoms with E-state index in [0.29, 0.717) is 0 Å². The molecule has 134 valence electrons. The number of methoxy groups -OCH3 is 1. The number of ether oxygens (including phenoxy) is 1. The minimum Gasteiger partial charge on any atom is -0.497 e. The molecule has 0 bridgehead atoms. The first-order valence-electron chi connectivity index (χ1n) is 8.71. The third-order valence-electron chi connectivity index (χ3n) is 4.61. The van der Waals surface area contributed by atoms with Crippen molar-refractivity contribution in [2.24, 2.45) is 11.7 Å². The van der Waals surface area contributed by atoms with Crippen molar-refractivity contribution < 1.29 is 9.53 Å². The zero-order valence-corrected chi connectivity index (χ0v) is 15.3. The van der Waals surface area contributed by atoms with Crippen LogP contribution in [0, 0.1) is 5.92 Å². The average molecular weight is 340 g/mol. The molecule has 0 aliphatic heterocycles. The molecule has 2 aromatic carbocycles. The quantitative estimate of drug-likeness (QED) is 0.801. The number of benzene rings is 2. The number of hydrogen-bond donors (Lipinski definition) is 1. The summed E-state index contributed by atoms with van der Waals surface area (Å²) in [7, 11) is 3.52. The Hall–Kier alpha value is -2.33. The van der Waals surface area contributed by atoms with Gasteiger partial charge < -0.3 is 15.4 Å². The molecule has 0 saturated heterocycles. The van der Waals surface area contributed by atoms with Crippen molar-refractivity contribution in [2.75, 3.05) is 20.7 Å². The van der Waals surface area contributed by atoms with Gasteiger partial charge in [-0.25, -0.2) is 0 Å². The number of carbonyl (C=O) groups is 1. The Morgan fingerprint density at radius 2 is 1.76 bits per heavy atom. The third-order valence-corrected chi connectivity index (χ3v) is 4.61. The molecule has 25 heavy (non-hydrogen) atoms. The van der Waals surface area contributed by atoms with E-state index < -0.39 is 0 Å². The van der Waals surface area contributed by atoms with Crippen LogP contribution in [0.15, 0.2) is 54.6 Å². The fourth-order valence-corrected chi connectivity index (χ4v) is 2.89. The molecule has 2 N–H and O–H groups in total. The van der Waals surface area contributed by atoms with Crippen molar-refractivity contribution in [1.29, 1.82) is 0 Å². The summed E-state index contributed by atoms with van der Waals surface area (Å²) in [5.41, 5.74) is 8.51. The smallest absolute Gasteiger partial charge is 0.227 e. The monoisotopic (exact) mass is 340 g/mol. The van der Waals surface area contributed by atoms with Crippen molar-refractivity contribution in [3.05, 3.63) is 65.7 Å². The summed E-state index contributed by atoms with van der Waals surface area (Å²) >= 11 is 0. The number of aryl methyl sites for hydroxylation is 1. The highest BCUT2D eigenvalue weighted by atomic mass is 16.5. The lowest BCUT2D eigenvalue weighted by atomic mass is 9.94. The van der Waals surface area contributed by atoms with Gasteiger partial charge in [-0.15, -0.1) is 0 Å². The lowest BCUT2D eigenvalue weighted by molar-refractivity contribution is -0.134. The SMILES string of the molecule is COc1ccc(CCCN(C)C(=O)C(C)C(N)c2ccccc2)cc1. The van der Waals surface area contributed by atoms with E-state index in [1.807, 2.05) is 56.4 Å². The molecule has 2 rings (SSSR count). The van der Waals surface area contributed by atoms with Gasteiger partial charge >= 0.3 is 0 Å². The summed E-state index contributed by atoms with van der Waals surface area (Å²) in [5.74, 6) is 0.708. The molecule has 2 unspecified atom stereocenters. The minimum absolute atomic E-state index is 0.0890. The van der Waals surface area contributed by atoms with Crippen molar-refractivity contribution in [1.82, 2.24) is 4.90 Å². The van der Waals surface area contributed by atoms with Gasteiger partial charge in [0.2, 0.25) is 5.91 Å². The van der Waals surface area contributed by atoms with Crippen molar-refractivity contribution in [3.8, 4) is 5.75 Å². The average Bonchev–Trinajstić information content (AvgIpc) is 2.67. The molecule has 0 saturated carbocycles. The molecule has 0 heterocycles. The normalized spacial score (nSPS) is 13.1. The molecule has 1 amide bonds. The van der Waals surface area contributed by atoms with Crippen LogP contribution in [0.2, 0.25) is 0 Å². The molecule has 4 nitrogen and oxygen atoms in total. The second-order valence-corrected chi connectivity index (χ2v) is 6.44. The van der Waals surface area contributed by atoms with Gasteiger partial charge in [-0.05, 0) is 36.1 Å². The van der Waals surface area contributed by atoms with Crippen LogP contribution >= 0.6 is 0 Å². The van der Waals surface area contributed by atoms with Gasteiger partial charge in [-0.2, -0.15) is 0 Å². The van der Waals surface area contributed by atoms with Crippen molar-refractivity contribution >= 4 is 5.91 Å². The molecule has 0 aromatic heterocycles. The Labute approximate surface area is 150 Å². The maximum absolute atomic E-state index is 12.6. The molecule has 0 fully saturated rings. The second-order valence-electron chi connectivity index (χ2n) is 6.44. The highest BCUT2D eigenvalue weighted by molar-refractivity contribution is 5.79. The molecular formula is C21H28N2O2. The van der Waals surface area contributed by atoms with Gasteiger partial charge in [0.1, 0.15) is 5.75 Å². The van der Waals surface area contributed by atoms with Gasteiger partial charge in [0.25, 0.3) is 0 Å². The molecule has 0 spiro atoms. The number of nitrogens with two attached hydrogens (primary N) is 1. The topological polar surface area (TPSA) is 55.6 Å². The lowest BCUT2D eigenvalue weighted by Crippen LogP contribution is -2.37. The third kappa shape index (κ3) is 5.33. The standard InChI is InChI=1S/C21H28N2O2/c1-16(20(22)18-9-5-4-6-10-18)21(24)23(2)15-7-8-17-11-13-19(25-3)14-12-17/h4-6,9-14,16,20H,7-8,15,22H2,1-3H3. The van der Waals surface area contributed by atoms with Crippen molar-refractivity contribution in [3.63, 3.8) is 0 Å². The molecule has 0 aliphatic rings. The molecule has 4 heteroatoms. The Balaban J connectivity index is 1.82. The molecular weight excluding hydrogens is 312 g/mol. The van der Waals surface area contributed by atoms with Crippen LogP contribution in [0.5, 0.6) is 5.75 Å². The lowest BCUT2D eigenvalue weighted by Gasteiger charge is -2.25. The zero-order chi connectivity index (χ0) is 18.2. The Morgan fingerprint density at radius 3 is 2.36 bits per heavy atom. The van der Waals surface area contributed by atoms with Crippen LogP contribution in [0.3, 0.4) is 0 Å². The van der Waals surface area contributed by atoms with Crippen molar-refractivity contribution in [2.45, 2.75) is 25.8 Å².